The fourth-order valence-electron chi connectivity index (χ4n) is 6.13. The number of fused-ring (bicyclic) bond motifs is 3. The number of benzene rings is 2. The van der Waals surface area contributed by atoms with Crippen LogP contribution < -0.4 is 39.4 Å². The summed E-state index contributed by atoms with van der Waals surface area (Å²) in [6.45, 7) is 2.82. The second-order valence-corrected chi connectivity index (χ2v) is 10.6. The monoisotopic (exact) mass is 610 g/mol. The van der Waals surface area contributed by atoms with E-state index < -0.39 is 88.5 Å². The van der Waals surface area contributed by atoms with Crippen molar-refractivity contribution in [3.05, 3.63) is 51.6 Å². The van der Waals surface area contributed by atoms with Crippen molar-refractivity contribution in [1.82, 2.24) is 0 Å². The van der Waals surface area contributed by atoms with Gasteiger partial charge in [0.2, 0.25) is 0 Å². The van der Waals surface area contributed by atoms with Crippen LogP contribution in [0, 0.1) is 0 Å². The second kappa shape index (κ2) is 12.2. The summed E-state index contributed by atoms with van der Waals surface area (Å²) in [4.78, 5) is 40.8. The fourth-order valence-corrected chi connectivity index (χ4v) is 6.13. The predicted molar refractivity (Wildman–Crippen MR) is 139 cm³/mol. The number of hydrogen-bond acceptors (Lipinski definition) is 13. The minimum atomic E-state index is -2.24. The molecule has 13 nitrogen and oxygen atoms in total. The maximum Gasteiger partial charge on any atom is 1.00 e. The van der Waals surface area contributed by atoms with Gasteiger partial charge in [0.1, 0.15) is 42.0 Å². The number of phenols is 1. The number of carbonyl (C=O) groups excluding carboxylic acids is 3. The Balaban J connectivity index is 0.00000423. The van der Waals surface area contributed by atoms with E-state index in [2.05, 4.69) is 0 Å². The molecule has 14 heteroatoms. The van der Waals surface area contributed by atoms with Gasteiger partial charge in [-0.25, -0.2) is 0 Å². The van der Waals surface area contributed by atoms with E-state index >= 15 is 0 Å². The first-order valence-corrected chi connectivity index (χ1v) is 13.1. The molecule has 0 spiro atoms. The number of hydrogen-bond donors (Lipinski definition) is 3. The number of aromatic hydroxyl groups is 1. The number of ether oxygens (including phenoxy) is 6. The van der Waals surface area contributed by atoms with Crippen LogP contribution in [0.3, 0.4) is 0 Å². The van der Waals surface area contributed by atoms with Crippen molar-refractivity contribution in [3.63, 3.8) is 0 Å². The summed E-state index contributed by atoms with van der Waals surface area (Å²) in [5.74, 6) is -4.20. The minimum Gasteiger partial charge on any atom is -0.872 e. The van der Waals surface area contributed by atoms with Gasteiger partial charge in [-0.1, -0.05) is 5.75 Å². The summed E-state index contributed by atoms with van der Waals surface area (Å²) < 4.78 is 33.5. The Bertz CT molecular complexity index is 1470. The first-order chi connectivity index (χ1) is 19.8. The van der Waals surface area contributed by atoms with Crippen LogP contribution in [0.2, 0.25) is 0 Å². The molecule has 3 aliphatic rings. The van der Waals surface area contributed by atoms with Gasteiger partial charge in [0, 0.05) is 49.1 Å². The van der Waals surface area contributed by atoms with E-state index in [0.717, 1.165) is 12.1 Å². The standard InChI is InChI=1S/C29H32O13.Na/c1-10-23(38-4)22(34)25(39-5)28(41-10)42-24-18-14(26(35)29(2,36)27(24)40-6)9-13-17(21(18)33)20(32)16-12(19(13)31)7-11(37-3)8-15(16)30;/h7-10,22-25,27-28,30,33-34,36H,1-6H3;/q;+1/p-1. The summed E-state index contributed by atoms with van der Waals surface area (Å²) in [6, 6.07) is 3.36. The normalized spacial score (nSPS) is 31.5. The molecule has 8 unspecified atom stereocenters. The van der Waals surface area contributed by atoms with E-state index in [0.29, 0.717) is 0 Å². The van der Waals surface area contributed by atoms with Crippen LogP contribution in [0.5, 0.6) is 17.2 Å². The Kier molecular flexibility index (Phi) is 9.46. The number of methoxy groups -OCH3 is 4. The summed E-state index contributed by atoms with van der Waals surface area (Å²) in [6.07, 6.45) is -8.11. The quantitative estimate of drug-likeness (QED) is 0.247. The first-order valence-electron chi connectivity index (χ1n) is 13.1. The number of ketones is 3. The van der Waals surface area contributed by atoms with Crippen molar-refractivity contribution < 1.29 is 92.8 Å². The molecule has 1 saturated heterocycles. The Morgan fingerprint density at radius 2 is 1.53 bits per heavy atom. The Morgan fingerprint density at radius 1 is 0.907 bits per heavy atom. The zero-order chi connectivity index (χ0) is 30.8. The number of rotatable bonds is 6. The molecule has 1 fully saturated rings. The summed E-state index contributed by atoms with van der Waals surface area (Å²) >= 11 is 0. The minimum absolute atomic E-state index is 0. The first kappa shape index (κ1) is 33.5. The summed E-state index contributed by atoms with van der Waals surface area (Å²) in [5, 5.41) is 46.6. The van der Waals surface area contributed by atoms with Gasteiger partial charge >= 0.3 is 29.6 Å². The molecule has 0 amide bonds. The third-order valence-electron chi connectivity index (χ3n) is 8.24. The fraction of sp³-hybridized carbons (Fsp3) is 0.483. The molecule has 0 saturated carbocycles. The molecule has 0 aromatic heterocycles. The van der Waals surface area contributed by atoms with Gasteiger partial charge in [-0.05, 0) is 32.0 Å². The van der Waals surface area contributed by atoms with Crippen molar-refractivity contribution >= 4 is 17.3 Å². The van der Waals surface area contributed by atoms with E-state index in [1.54, 1.807) is 6.92 Å². The van der Waals surface area contributed by atoms with Crippen molar-refractivity contribution in [2.45, 2.75) is 62.4 Å². The van der Waals surface area contributed by atoms with Gasteiger partial charge in [-0.15, -0.1) is 0 Å². The average molecular weight is 611 g/mol. The maximum absolute atomic E-state index is 13.6. The molecule has 1 heterocycles. The van der Waals surface area contributed by atoms with Gasteiger partial charge in [-0.3, -0.25) is 14.4 Å². The number of aliphatic hydroxyl groups is 2. The molecule has 226 valence electrons. The number of aliphatic hydroxyl groups excluding tert-OH is 1. The van der Waals surface area contributed by atoms with Gasteiger partial charge in [-0.2, -0.15) is 0 Å². The van der Waals surface area contributed by atoms with Crippen LogP contribution >= 0.6 is 0 Å². The summed E-state index contributed by atoms with van der Waals surface area (Å²) in [5.41, 5.74) is -4.37. The topological polar surface area (TPSA) is 190 Å². The van der Waals surface area contributed by atoms with Crippen LogP contribution in [-0.4, -0.2) is 104 Å². The Morgan fingerprint density at radius 3 is 2.12 bits per heavy atom. The average Bonchev–Trinajstić information content (AvgIpc) is 2.94. The van der Waals surface area contributed by atoms with E-state index in [4.69, 9.17) is 28.4 Å². The van der Waals surface area contributed by atoms with Crippen molar-refractivity contribution in [2.24, 2.45) is 0 Å². The van der Waals surface area contributed by atoms with E-state index in [1.165, 1.54) is 41.4 Å². The van der Waals surface area contributed by atoms with E-state index in [-0.39, 0.29) is 57.6 Å². The van der Waals surface area contributed by atoms with Crippen LogP contribution in [0.25, 0.3) is 0 Å². The van der Waals surface area contributed by atoms with E-state index in [9.17, 15) is 34.8 Å². The zero-order valence-corrected chi connectivity index (χ0v) is 26.7. The molecule has 0 radical (unpaired) electrons. The second-order valence-electron chi connectivity index (χ2n) is 10.6. The molecular formula is C29H31NaO13. The van der Waals surface area contributed by atoms with Crippen molar-refractivity contribution in [2.75, 3.05) is 28.4 Å². The van der Waals surface area contributed by atoms with E-state index in [1.807, 2.05) is 0 Å². The molecule has 1 aliphatic heterocycles. The zero-order valence-electron chi connectivity index (χ0n) is 24.7. The van der Waals surface area contributed by atoms with Crippen LogP contribution in [0.15, 0.2) is 18.2 Å². The molecule has 43 heavy (non-hydrogen) atoms. The van der Waals surface area contributed by atoms with Gasteiger partial charge in [0.25, 0.3) is 0 Å². The molecule has 2 aliphatic carbocycles. The third kappa shape index (κ3) is 5.01. The Hall–Kier alpha value is -2.43. The summed E-state index contributed by atoms with van der Waals surface area (Å²) in [7, 11) is 5.20. The number of carbonyl (C=O) groups is 3. The van der Waals surface area contributed by atoms with Gasteiger partial charge < -0.3 is 48.8 Å². The van der Waals surface area contributed by atoms with Crippen LogP contribution in [0.1, 0.15) is 67.7 Å². The number of Topliss-reactive ketones (excluding diaryl/α,β-unsaturated/α-hetero) is 1. The Labute approximate surface area is 268 Å². The van der Waals surface area contributed by atoms with Crippen molar-refractivity contribution in [3.8, 4) is 17.2 Å². The molecule has 5 rings (SSSR count). The van der Waals surface area contributed by atoms with Crippen LogP contribution in [-0.2, 0) is 23.7 Å². The molecular weight excluding hydrogens is 579 g/mol. The van der Waals surface area contributed by atoms with Gasteiger partial charge in [0.05, 0.1) is 18.8 Å². The molecule has 0 bridgehead atoms. The largest absolute Gasteiger partial charge is 1.00 e. The van der Waals surface area contributed by atoms with Crippen molar-refractivity contribution in [1.29, 1.82) is 0 Å². The molecule has 2 aromatic carbocycles. The molecule has 8 atom stereocenters. The maximum atomic E-state index is 13.6. The smallest absolute Gasteiger partial charge is 0.872 e. The third-order valence-corrected chi connectivity index (χ3v) is 8.24. The number of phenolic OH excluding ortho intramolecular Hbond substituents is 1. The molecule has 3 N–H and O–H groups in total. The molecule has 2 aromatic rings. The SMILES string of the molecule is COc1cc([O-])c2c(c1)C(=O)c1cc3c(c(O)c1C2=O)C(OC1OC(C)C(OC)C(O)C1OC)C(OC)C(C)(O)C3=O.[Na+]. The predicted octanol–water partition coefficient (Wildman–Crippen LogP) is -2.59. The van der Waals surface area contributed by atoms with Crippen LogP contribution in [0.4, 0.5) is 0 Å². The van der Waals surface area contributed by atoms with Gasteiger partial charge in [0.15, 0.2) is 29.2 Å².